The van der Waals surface area contributed by atoms with Gasteiger partial charge < -0.3 is 14.8 Å². The standard InChI is InChI=1S/C23H27BrN2O5S/c1-23(28)11-3-2-10-18-17(23)12-19(31-18)32(29,30)26-22(27)25-21-15-8-4-6-13(15)20(24)14-7-5-9-16(14)21/h12,28H,2-11H2,1H3,(H2,25,26,27). The molecule has 1 aromatic heterocycles. The van der Waals surface area contributed by atoms with Crippen LogP contribution in [0.5, 0.6) is 0 Å². The van der Waals surface area contributed by atoms with Gasteiger partial charge >= 0.3 is 6.03 Å². The number of hydrogen-bond donors (Lipinski definition) is 3. The molecule has 172 valence electrons. The first-order chi connectivity index (χ1) is 15.2. The number of nitrogens with one attached hydrogen (secondary N) is 2. The molecule has 1 atom stereocenters. The van der Waals surface area contributed by atoms with Gasteiger partial charge in [0.1, 0.15) is 5.76 Å². The van der Waals surface area contributed by atoms with Gasteiger partial charge in [0.2, 0.25) is 5.09 Å². The molecule has 9 heteroatoms. The first kappa shape index (κ1) is 22.0. The summed E-state index contributed by atoms with van der Waals surface area (Å²) in [5, 5.41) is 13.2. The van der Waals surface area contributed by atoms with Gasteiger partial charge in [0, 0.05) is 28.2 Å². The highest BCUT2D eigenvalue weighted by atomic mass is 79.9. The summed E-state index contributed by atoms with van der Waals surface area (Å²) in [5.41, 5.74) is 4.75. The predicted octanol–water partition coefficient (Wildman–Crippen LogP) is 4.46. The van der Waals surface area contributed by atoms with E-state index in [0.717, 1.165) is 72.7 Å². The lowest BCUT2D eigenvalue weighted by atomic mass is 9.94. The smallest absolute Gasteiger partial charge is 0.333 e. The number of carbonyl (C=O) groups is 1. The Labute approximate surface area is 196 Å². The molecule has 1 aromatic carbocycles. The molecule has 2 amide bonds. The van der Waals surface area contributed by atoms with Crippen LogP contribution < -0.4 is 10.0 Å². The minimum Gasteiger partial charge on any atom is -0.447 e. The summed E-state index contributed by atoms with van der Waals surface area (Å²) in [7, 11) is -4.22. The summed E-state index contributed by atoms with van der Waals surface area (Å²) < 4.78 is 34.7. The molecule has 1 unspecified atom stereocenters. The average molecular weight is 523 g/mol. The van der Waals surface area contributed by atoms with Gasteiger partial charge in [0.15, 0.2) is 0 Å². The van der Waals surface area contributed by atoms with Gasteiger partial charge in [-0.1, -0.05) is 15.9 Å². The molecule has 3 aliphatic rings. The topological polar surface area (TPSA) is 109 Å². The molecule has 0 saturated carbocycles. The average Bonchev–Trinajstić information content (AvgIpc) is 3.46. The van der Waals surface area contributed by atoms with E-state index in [1.807, 2.05) is 0 Å². The zero-order chi connectivity index (χ0) is 22.7. The summed E-state index contributed by atoms with van der Waals surface area (Å²) in [6.07, 6.45) is 8.41. The van der Waals surface area contributed by atoms with Crippen LogP contribution in [0.3, 0.4) is 0 Å². The van der Waals surface area contributed by atoms with Crippen LogP contribution in [0.4, 0.5) is 10.5 Å². The number of rotatable bonds is 3. The van der Waals surface area contributed by atoms with E-state index in [0.29, 0.717) is 24.2 Å². The number of fused-ring (bicyclic) bond motifs is 3. The van der Waals surface area contributed by atoms with E-state index >= 15 is 0 Å². The van der Waals surface area contributed by atoms with Crippen LogP contribution in [0.25, 0.3) is 0 Å². The van der Waals surface area contributed by atoms with E-state index in [4.69, 9.17) is 4.42 Å². The molecule has 0 radical (unpaired) electrons. The highest BCUT2D eigenvalue weighted by molar-refractivity contribution is 9.10. The van der Waals surface area contributed by atoms with Crippen LogP contribution in [0.1, 0.15) is 72.6 Å². The van der Waals surface area contributed by atoms with Crippen LogP contribution in [0, 0.1) is 0 Å². The van der Waals surface area contributed by atoms with Crippen LogP contribution in [0.2, 0.25) is 0 Å². The van der Waals surface area contributed by atoms with Crippen LogP contribution in [0.15, 0.2) is 20.0 Å². The SMILES string of the molecule is CC1(O)CCCCc2oc(S(=O)(=O)NC(=O)Nc3c4c(c(Br)c5c3CCC5)CCC4)cc21. The quantitative estimate of drug-likeness (QED) is 0.515. The number of anilines is 1. The Balaban J connectivity index is 1.41. The fourth-order valence-electron chi connectivity index (χ4n) is 5.42. The number of carbonyl (C=O) groups excluding carboxylic acids is 1. The van der Waals surface area contributed by atoms with Crippen molar-refractivity contribution in [3.8, 4) is 0 Å². The van der Waals surface area contributed by atoms with Crippen LogP contribution >= 0.6 is 15.9 Å². The van der Waals surface area contributed by atoms with Crippen molar-refractivity contribution in [2.24, 2.45) is 0 Å². The molecule has 1 heterocycles. The summed E-state index contributed by atoms with van der Waals surface area (Å²) in [6, 6.07) is 0.555. The zero-order valence-electron chi connectivity index (χ0n) is 18.0. The zero-order valence-corrected chi connectivity index (χ0v) is 20.4. The maximum Gasteiger partial charge on any atom is 0.333 e. The first-order valence-corrected chi connectivity index (χ1v) is 13.5. The Hall–Kier alpha value is -1.84. The number of urea groups is 1. The fraction of sp³-hybridized carbons (Fsp3) is 0.522. The lowest BCUT2D eigenvalue weighted by Crippen LogP contribution is -2.34. The number of sulfonamides is 1. The summed E-state index contributed by atoms with van der Waals surface area (Å²) in [6.45, 7) is 1.66. The highest BCUT2D eigenvalue weighted by Gasteiger charge is 2.35. The van der Waals surface area contributed by atoms with Crippen LogP contribution in [-0.2, 0) is 47.7 Å². The molecular weight excluding hydrogens is 496 g/mol. The third-order valence-electron chi connectivity index (χ3n) is 6.98. The normalized spacial score (nSPS) is 22.1. The van der Waals surface area contributed by atoms with E-state index in [1.165, 1.54) is 17.2 Å². The molecule has 0 aliphatic heterocycles. The molecule has 32 heavy (non-hydrogen) atoms. The summed E-state index contributed by atoms with van der Waals surface area (Å²) >= 11 is 3.75. The Morgan fingerprint density at radius 2 is 1.66 bits per heavy atom. The number of halogens is 1. The molecule has 7 nitrogen and oxygen atoms in total. The van der Waals surface area contributed by atoms with Gasteiger partial charge in [-0.05, 0) is 87.0 Å². The number of furan rings is 1. The van der Waals surface area contributed by atoms with E-state index in [1.54, 1.807) is 6.92 Å². The third-order valence-corrected chi connectivity index (χ3v) is 9.13. The van der Waals surface area contributed by atoms with Crippen molar-refractivity contribution in [1.82, 2.24) is 4.72 Å². The molecule has 0 fully saturated rings. The predicted molar refractivity (Wildman–Crippen MR) is 123 cm³/mol. The van der Waals surface area contributed by atoms with Crippen molar-refractivity contribution >= 4 is 37.7 Å². The number of aliphatic hydroxyl groups is 1. The first-order valence-electron chi connectivity index (χ1n) is 11.2. The monoisotopic (exact) mass is 522 g/mol. The van der Waals surface area contributed by atoms with Crippen LogP contribution in [-0.4, -0.2) is 19.6 Å². The largest absolute Gasteiger partial charge is 0.447 e. The Morgan fingerprint density at radius 1 is 1.03 bits per heavy atom. The second-order valence-electron chi connectivity index (χ2n) is 9.25. The fourth-order valence-corrected chi connectivity index (χ4v) is 7.17. The molecule has 3 N–H and O–H groups in total. The van der Waals surface area contributed by atoms with Gasteiger partial charge in [-0.3, -0.25) is 0 Å². The second-order valence-corrected chi connectivity index (χ2v) is 11.7. The van der Waals surface area contributed by atoms with Gasteiger partial charge in [-0.15, -0.1) is 0 Å². The third kappa shape index (κ3) is 3.68. The van der Waals surface area contributed by atoms with Gasteiger partial charge in [-0.25, -0.2) is 9.52 Å². The molecule has 0 bridgehead atoms. The van der Waals surface area contributed by atoms with E-state index in [2.05, 4.69) is 26.0 Å². The van der Waals surface area contributed by atoms with E-state index in [9.17, 15) is 18.3 Å². The molecular formula is C23H27BrN2O5S. The van der Waals surface area contributed by atoms with Crippen molar-refractivity contribution in [3.63, 3.8) is 0 Å². The molecule has 5 rings (SSSR count). The molecule has 0 saturated heterocycles. The Kier molecular flexibility index (Phi) is 5.41. The number of aryl methyl sites for hydroxylation is 1. The lowest BCUT2D eigenvalue weighted by molar-refractivity contribution is 0.0468. The Bertz CT molecular complexity index is 1180. The maximum absolute atomic E-state index is 12.9. The Morgan fingerprint density at radius 3 is 2.31 bits per heavy atom. The number of hydrogen-bond acceptors (Lipinski definition) is 5. The van der Waals surface area contributed by atoms with Gasteiger partial charge in [-0.2, -0.15) is 8.42 Å². The highest BCUT2D eigenvalue weighted by Crippen LogP contribution is 2.44. The molecule has 2 aromatic rings. The molecule has 3 aliphatic carbocycles. The van der Waals surface area contributed by atoms with Crippen molar-refractivity contribution in [2.75, 3.05) is 5.32 Å². The van der Waals surface area contributed by atoms with Crippen molar-refractivity contribution in [2.45, 2.75) is 81.8 Å². The van der Waals surface area contributed by atoms with Crippen molar-refractivity contribution in [3.05, 3.63) is 44.1 Å². The van der Waals surface area contributed by atoms with Gasteiger partial charge in [0.25, 0.3) is 10.0 Å². The van der Waals surface area contributed by atoms with Crippen molar-refractivity contribution in [1.29, 1.82) is 0 Å². The van der Waals surface area contributed by atoms with E-state index in [-0.39, 0.29) is 5.09 Å². The van der Waals surface area contributed by atoms with Gasteiger partial charge in [0.05, 0.1) is 5.60 Å². The number of benzene rings is 1. The van der Waals surface area contributed by atoms with E-state index < -0.39 is 21.7 Å². The minimum absolute atomic E-state index is 0.342. The minimum atomic E-state index is -4.22. The summed E-state index contributed by atoms with van der Waals surface area (Å²) in [4.78, 5) is 12.8. The second kappa shape index (κ2) is 7.88. The molecule has 0 spiro atoms. The number of amides is 2. The lowest BCUT2D eigenvalue weighted by Gasteiger charge is -2.20. The maximum atomic E-state index is 12.9. The summed E-state index contributed by atoms with van der Waals surface area (Å²) in [5.74, 6) is 0.469. The van der Waals surface area contributed by atoms with Crippen molar-refractivity contribution < 1.29 is 22.7 Å².